The van der Waals surface area contributed by atoms with Crippen LogP contribution < -0.4 is 5.46 Å². The molecule has 0 saturated carbocycles. The molecule has 0 amide bonds. The topological polar surface area (TPSA) is 18.5 Å². The van der Waals surface area contributed by atoms with Gasteiger partial charge in [-0.1, -0.05) is 131 Å². The Balaban J connectivity index is 0.000000222. The van der Waals surface area contributed by atoms with Crippen LogP contribution in [0, 0.1) is 0 Å². The van der Waals surface area contributed by atoms with E-state index in [2.05, 4.69) is 201 Å². The van der Waals surface area contributed by atoms with Gasteiger partial charge in [-0.15, -0.1) is 22.7 Å². The lowest BCUT2D eigenvalue weighted by Crippen LogP contribution is -2.41. The third kappa shape index (κ3) is 5.49. The Morgan fingerprint density at radius 3 is 1.49 bits per heavy atom. The molecule has 0 N–H and O–H groups in total. The van der Waals surface area contributed by atoms with E-state index in [1.54, 1.807) is 0 Å². The van der Waals surface area contributed by atoms with E-state index in [1.807, 2.05) is 22.7 Å². The Morgan fingerprint density at radius 2 is 0.909 bits per heavy atom. The fraction of sp³-hybridized carbons (Fsp3) is 0.143. The molecule has 1 fully saturated rings. The summed E-state index contributed by atoms with van der Waals surface area (Å²) in [7, 11) is -0.387. The standard InChI is InChI=1S/C37H31BO2S.C12H7BrS/c1-35(2)36(3,4)40-38(39-35)26-20-17-24(18-21-26)37(31-14-8-5-11-27(31)28-12-6-9-15-32(28)37)25-19-22-34-30(23-25)29-13-7-10-16-33(29)41-34;13-8-5-6-12-10(7-8)9-3-1-2-4-11(9)14-12/h5-23H,1-4H3;1-7H. The van der Waals surface area contributed by atoms with Gasteiger partial charge in [0.15, 0.2) is 0 Å². The van der Waals surface area contributed by atoms with Crippen molar-refractivity contribution in [1.29, 1.82) is 0 Å². The van der Waals surface area contributed by atoms with Crippen LogP contribution in [0.5, 0.6) is 0 Å². The predicted molar refractivity (Wildman–Crippen MR) is 239 cm³/mol. The molecule has 0 unspecified atom stereocenters. The zero-order valence-electron chi connectivity index (χ0n) is 31.1. The van der Waals surface area contributed by atoms with E-state index in [1.165, 1.54) is 73.7 Å². The number of halogens is 1. The largest absolute Gasteiger partial charge is 0.494 e. The lowest BCUT2D eigenvalue weighted by Gasteiger charge is -2.34. The second-order valence-corrected chi connectivity index (χ2v) is 18.7. The highest BCUT2D eigenvalue weighted by Crippen LogP contribution is 2.56. The first-order valence-electron chi connectivity index (χ1n) is 18.8. The summed E-state index contributed by atoms with van der Waals surface area (Å²) in [6, 6.07) is 57.6. The van der Waals surface area contributed by atoms with Crippen molar-refractivity contribution in [2.24, 2.45) is 0 Å². The second-order valence-electron chi connectivity index (χ2n) is 15.6. The van der Waals surface area contributed by atoms with E-state index in [0.717, 1.165) is 9.94 Å². The van der Waals surface area contributed by atoms with Crippen molar-refractivity contribution in [3.05, 3.63) is 184 Å². The van der Waals surface area contributed by atoms with E-state index in [-0.39, 0.29) is 18.3 Å². The van der Waals surface area contributed by atoms with Crippen LogP contribution in [0.25, 0.3) is 51.5 Å². The molecule has 3 heterocycles. The first kappa shape index (κ1) is 34.9. The fourth-order valence-corrected chi connectivity index (χ4v) is 11.1. The van der Waals surface area contributed by atoms with Gasteiger partial charge in [0.2, 0.25) is 0 Å². The van der Waals surface area contributed by atoms with Crippen molar-refractivity contribution < 1.29 is 9.31 Å². The second kappa shape index (κ2) is 13.0. The number of rotatable bonds is 3. The highest BCUT2D eigenvalue weighted by molar-refractivity contribution is 9.10. The average Bonchev–Trinajstić information content (AvgIpc) is 3.91. The average molecular weight is 814 g/mol. The fourth-order valence-electron chi connectivity index (χ4n) is 8.55. The van der Waals surface area contributed by atoms with E-state index >= 15 is 0 Å². The van der Waals surface area contributed by atoms with Gasteiger partial charge in [0, 0.05) is 44.8 Å². The molecule has 268 valence electrons. The third-order valence-corrected chi connectivity index (χ3v) is 14.8. The Labute approximate surface area is 338 Å². The van der Waals surface area contributed by atoms with E-state index in [9.17, 15) is 0 Å². The maximum atomic E-state index is 6.40. The van der Waals surface area contributed by atoms with Gasteiger partial charge < -0.3 is 9.31 Å². The summed E-state index contributed by atoms with van der Waals surface area (Å²) in [5, 5.41) is 5.34. The first-order chi connectivity index (χ1) is 26.6. The molecular formula is C49H38BBrO2S2. The maximum absolute atomic E-state index is 6.40. The van der Waals surface area contributed by atoms with Crippen LogP contribution in [0.15, 0.2) is 162 Å². The summed E-state index contributed by atoms with van der Waals surface area (Å²) in [6.07, 6.45) is 0. The van der Waals surface area contributed by atoms with Gasteiger partial charge in [0.25, 0.3) is 0 Å². The molecule has 6 heteroatoms. The summed E-state index contributed by atoms with van der Waals surface area (Å²) in [6.45, 7) is 8.42. The number of hydrogen-bond donors (Lipinski definition) is 0. The zero-order chi connectivity index (χ0) is 37.5. The highest BCUT2D eigenvalue weighted by Gasteiger charge is 2.52. The molecule has 2 nitrogen and oxygen atoms in total. The molecule has 1 aliphatic heterocycles. The Kier molecular flexibility index (Phi) is 8.26. The number of fused-ring (bicyclic) bond motifs is 9. The smallest absolute Gasteiger partial charge is 0.399 e. The SMILES string of the molecule is Brc1ccc2sc3ccccc3c2c1.CC1(C)OB(c2ccc(C3(c4ccc5sc6ccccc6c5c4)c4ccccc4-c4ccccc43)cc2)OC1(C)C. The van der Waals surface area contributed by atoms with Crippen LogP contribution >= 0.6 is 38.6 Å². The molecule has 7 aromatic carbocycles. The summed E-state index contributed by atoms with van der Waals surface area (Å²) in [5.74, 6) is 0. The van der Waals surface area contributed by atoms with Gasteiger partial charge in [0.1, 0.15) is 0 Å². The van der Waals surface area contributed by atoms with Crippen LogP contribution in [-0.2, 0) is 14.7 Å². The zero-order valence-corrected chi connectivity index (χ0v) is 34.3. The molecule has 0 atom stereocenters. The molecule has 1 aliphatic carbocycles. The van der Waals surface area contributed by atoms with Gasteiger partial charge in [-0.25, -0.2) is 0 Å². The van der Waals surface area contributed by atoms with Crippen LogP contribution in [0.2, 0.25) is 0 Å². The van der Waals surface area contributed by atoms with Crippen molar-refractivity contribution in [1.82, 2.24) is 0 Å². The molecule has 0 spiro atoms. The molecule has 55 heavy (non-hydrogen) atoms. The van der Waals surface area contributed by atoms with E-state index < -0.39 is 5.41 Å². The van der Waals surface area contributed by atoms with Gasteiger partial charge in [-0.05, 0) is 109 Å². The van der Waals surface area contributed by atoms with Crippen molar-refractivity contribution in [2.75, 3.05) is 0 Å². The Morgan fingerprint density at radius 1 is 0.455 bits per heavy atom. The third-order valence-electron chi connectivity index (χ3n) is 12.0. The summed E-state index contributed by atoms with van der Waals surface area (Å²) in [4.78, 5) is 0. The molecule has 2 aliphatic rings. The van der Waals surface area contributed by atoms with Crippen LogP contribution in [-0.4, -0.2) is 18.3 Å². The highest BCUT2D eigenvalue weighted by atomic mass is 79.9. The molecular weight excluding hydrogens is 775 g/mol. The van der Waals surface area contributed by atoms with Crippen molar-refractivity contribution in [2.45, 2.75) is 44.3 Å². The van der Waals surface area contributed by atoms with Crippen LogP contribution in [0.4, 0.5) is 0 Å². The van der Waals surface area contributed by atoms with Crippen molar-refractivity contribution in [3.8, 4) is 11.1 Å². The van der Waals surface area contributed by atoms with Crippen molar-refractivity contribution in [3.63, 3.8) is 0 Å². The normalized spacial score (nSPS) is 16.3. The van der Waals surface area contributed by atoms with Crippen LogP contribution in [0.1, 0.15) is 49.9 Å². The summed E-state index contributed by atoms with van der Waals surface area (Å²) < 4.78 is 19.3. The Bertz CT molecular complexity index is 2860. The molecule has 11 rings (SSSR count). The van der Waals surface area contributed by atoms with E-state index in [4.69, 9.17) is 9.31 Å². The molecule has 9 aromatic rings. The minimum atomic E-state index is -0.446. The summed E-state index contributed by atoms with van der Waals surface area (Å²) >= 11 is 7.22. The number of benzene rings is 7. The van der Waals surface area contributed by atoms with E-state index in [0.29, 0.717) is 0 Å². The lowest BCUT2D eigenvalue weighted by atomic mass is 9.66. The monoisotopic (exact) mass is 812 g/mol. The Hall–Kier alpha value is -4.56. The predicted octanol–water partition coefficient (Wildman–Crippen LogP) is 13.5. The minimum Gasteiger partial charge on any atom is -0.399 e. The van der Waals surface area contributed by atoms with Gasteiger partial charge in [-0.3, -0.25) is 0 Å². The quantitative estimate of drug-likeness (QED) is 0.165. The van der Waals surface area contributed by atoms with Crippen LogP contribution in [0.3, 0.4) is 0 Å². The van der Waals surface area contributed by atoms with Gasteiger partial charge in [-0.2, -0.15) is 0 Å². The maximum Gasteiger partial charge on any atom is 0.494 e. The molecule has 2 aromatic heterocycles. The van der Waals surface area contributed by atoms with Crippen molar-refractivity contribution >= 4 is 91.5 Å². The van der Waals surface area contributed by atoms with Gasteiger partial charge in [0.05, 0.1) is 16.6 Å². The molecule has 0 bridgehead atoms. The number of hydrogen-bond acceptors (Lipinski definition) is 4. The molecule has 0 radical (unpaired) electrons. The van der Waals surface area contributed by atoms with Gasteiger partial charge >= 0.3 is 7.12 Å². The summed E-state index contributed by atoms with van der Waals surface area (Å²) in [5.41, 5.74) is 7.62. The lowest BCUT2D eigenvalue weighted by molar-refractivity contribution is 0.00578. The minimum absolute atomic E-state index is 0.375. The molecule has 1 saturated heterocycles. The first-order valence-corrected chi connectivity index (χ1v) is 21.2. The number of thiophene rings is 2.